The lowest BCUT2D eigenvalue weighted by Gasteiger charge is -2.36. The summed E-state index contributed by atoms with van der Waals surface area (Å²) in [5.41, 5.74) is 2.98. The molecule has 0 spiro atoms. The largest absolute Gasteiger partial charge is 0.496 e. The molecule has 0 bridgehead atoms. The van der Waals surface area contributed by atoms with Crippen molar-refractivity contribution in [2.24, 2.45) is 5.92 Å². The van der Waals surface area contributed by atoms with Gasteiger partial charge in [0.25, 0.3) is 0 Å². The molecule has 2 heteroatoms. The van der Waals surface area contributed by atoms with E-state index in [2.05, 4.69) is 44.3 Å². The minimum absolute atomic E-state index is 0.243. The summed E-state index contributed by atoms with van der Waals surface area (Å²) in [6.45, 7) is 8.98. The number of hydrogen-bond acceptors (Lipinski definition) is 2. The van der Waals surface area contributed by atoms with Crippen LogP contribution in [0, 0.1) is 12.8 Å². The maximum absolute atomic E-state index is 5.66. The average Bonchev–Trinajstić information content (AvgIpc) is 2.81. The van der Waals surface area contributed by atoms with Crippen LogP contribution in [-0.4, -0.2) is 20.2 Å². The first-order valence-corrected chi connectivity index (χ1v) is 8.00. The highest BCUT2D eigenvalue weighted by Crippen LogP contribution is 2.48. The monoisotopic (exact) mass is 275 g/mol. The van der Waals surface area contributed by atoms with E-state index in [9.17, 15) is 0 Å². The van der Waals surface area contributed by atoms with Crippen LogP contribution in [0.5, 0.6) is 5.75 Å². The number of hydrogen-bond donors (Lipinski definition) is 1. The Bertz CT molecular complexity index is 443. The lowest BCUT2D eigenvalue weighted by molar-refractivity contribution is 0.301. The van der Waals surface area contributed by atoms with E-state index in [1.165, 1.54) is 36.8 Å². The summed E-state index contributed by atoms with van der Waals surface area (Å²) in [5.74, 6) is 1.77. The van der Waals surface area contributed by atoms with Crippen molar-refractivity contribution in [2.75, 3.05) is 20.2 Å². The second-order valence-electron chi connectivity index (χ2n) is 6.33. The Morgan fingerprint density at radius 1 is 1.40 bits per heavy atom. The standard InChI is InChI=1S/C18H29NO/c1-5-11-19-13-18(10-6-7-15(18)3)16-12-14(2)8-9-17(16)20-4/h8-9,12,15,19H,5-7,10-11,13H2,1-4H3. The summed E-state index contributed by atoms with van der Waals surface area (Å²) >= 11 is 0. The predicted octanol–water partition coefficient (Wildman–Crippen LogP) is 4.06. The average molecular weight is 275 g/mol. The molecule has 1 saturated carbocycles. The molecule has 1 aliphatic rings. The van der Waals surface area contributed by atoms with Gasteiger partial charge in [0.2, 0.25) is 0 Å². The first-order chi connectivity index (χ1) is 9.64. The fourth-order valence-corrected chi connectivity index (χ4v) is 3.70. The minimum Gasteiger partial charge on any atom is -0.496 e. The summed E-state index contributed by atoms with van der Waals surface area (Å²) in [4.78, 5) is 0. The van der Waals surface area contributed by atoms with E-state index in [0.29, 0.717) is 5.92 Å². The van der Waals surface area contributed by atoms with Crippen molar-refractivity contribution in [1.82, 2.24) is 5.32 Å². The summed E-state index contributed by atoms with van der Waals surface area (Å²) in [5, 5.41) is 3.66. The number of aryl methyl sites for hydroxylation is 1. The summed E-state index contributed by atoms with van der Waals surface area (Å²) < 4.78 is 5.66. The third-order valence-electron chi connectivity index (χ3n) is 4.96. The maximum Gasteiger partial charge on any atom is 0.122 e. The van der Waals surface area contributed by atoms with Crippen molar-refractivity contribution in [3.63, 3.8) is 0 Å². The van der Waals surface area contributed by atoms with Crippen LogP contribution in [-0.2, 0) is 5.41 Å². The molecule has 0 heterocycles. The van der Waals surface area contributed by atoms with Crippen molar-refractivity contribution in [1.29, 1.82) is 0 Å². The smallest absolute Gasteiger partial charge is 0.122 e. The SMILES string of the molecule is CCCNCC1(c2cc(C)ccc2OC)CCCC1C. The summed E-state index contributed by atoms with van der Waals surface area (Å²) in [7, 11) is 1.79. The lowest BCUT2D eigenvalue weighted by atomic mass is 9.72. The molecule has 0 aliphatic heterocycles. The Morgan fingerprint density at radius 2 is 2.20 bits per heavy atom. The van der Waals surface area contributed by atoms with Gasteiger partial charge < -0.3 is 10.1 Å². The van der Waals surface area contributed by atoms with Crippen molar-refractivity contribution < 1.29 is 4.74 Å². The van der Waals surface area contributed by atoms with Gasteiger partial charge in [-0.3, -0.25) is 0 Å². The first-order valence-electron chi connectivity index (χ1n) is 8.00. The van der Waals surface area contributed by atoms with Crippen LogP contribution in [0.4, 0.5) is 0 Å². The van der Waals surface area contributed by atoms with E-state index >= 15 is 0 Å². The maximum atomic E-state index is 5.66. The zero-order chi connectivity index (χ0) is 14.6. The van der Waals surface area contributed by atoms with Crippen LogP contribution >= 0.6 is 0 Å². The highest BCUT2D eigenvalue weighted by Gasteiger charge is 2.43. The first kappa shape index (κ1) is 15.4. The van der Waals surface area contributed by atoms with Gasteiger partial charge in [0.05, 0.1) is 7.11 Å². The molecule has 1 aromatic rings. The van der Waals surface area contributed by atoms with Gasteiger partial charge in [-0.05, 0) is 44.7 Å². The quantitative estimate of drug-likeness (QED) is 0.790. The summed E-state index contributed by atoms with van der Waals surface area (Å²) in [6, 6.07) is 6.63. The Labute approximate surface area is 123 Å². The third-order valence-corrected chi connectivity index (χ3v) is 4.96. The van der Waals surface area contributed by atoms with E-state index in [1.54, 1.807) is 7.11 Å². The normalized spacial score (nSPS) is 25.9. The molecule has 1 aliphatic carbocycles. The van der Waals surface area contributed by atoms with Crippen LogP contribution in [0.2, 0.25) is 0 Å². The molecule has 2 atom stereocenters. The molecule has 0 saturated heterocycles. The van der Waals surface area contributed by atoms with E-state index < -0.39 is 0 Å². The molecule has 0 aromatic heterocycles. The predicted molar refractivity (Wildman–Crippen MR) is 85.6 cm³/mol. The van der Waals surface area contributed by atoms with Crippen LogP contribution in [0.3, 0.4) is 0 Å². The second-order valence-corrected chi connectivity index (χ2v) is 6.33. The Balaban J connectivity index is 2.38. The molecule has 112 valence electrons. The van der Waals surface area contributed by atoms with Crippen LogP contribution < -0.4 is 10.1 Å². The van der Waals surface area contributed by atoms with Crippen LogP contribution in [0.15, 0.2) is 18.2 Å². The van der Waals surface area contributed by atoms with E-state index in [-0.39, 0.29) is 5.41 Å². The molecule has 1 fully saturated rings. The molecule has 0 amide bonds. The van der Waals surface area contributed by atoms with Gasteiger partial charge >= 0.3 is 0 Å². The second kappa shape index (κ2) is 6.62. The summed E-state index contributed by atoms with van der Waals surface area (Å²) in [6.07, 6.45) is 5.11. The van der Waals surface area contributed by atoms with Gasteiger partial charge in [0.15, 0.2) is 0 Å². The highest BCUT2D eigenvalue weighted by atomic mass is 16.5. The van der Waals surface area contributed by atoms with Gasteiger partial charge in [-0.1, -0.05) is 38.0 Å². The van der Waals surface area contributed by atoms with E-state index in [1.807, 2.05) is 0 Å². The van der Waals surface area contributed by atoms with Crippen molar-refractivity contribution in [3.8, 4) is 5.75 Å². The number of rotatable bonds is 6. The Morgan fingerprint density at radius 3 is 2.80 bits per heavy atom. The van der Waals surface area contributed by atoms with Crippen LogP contribution in [0.25, 0.3) is 0 Å². The number of methoxy groups -OCH3 is 1. The van der Waals surface area contributed by atoms with Gasteiger partial charge in [-0.15, -0.1) is 0 Å². The fraction of sp³-hybridized carbons (Fsp3) is 0.667. The molecule has 2 unspecified atom stereocenters. The lowest BCUT2D eigenvalue weighted by Crippen LogP contribution is -2.41. The van der Waals surface area contributed by atoms with Gasteiger partial charge in [-0.2, -0.15) is 0 Å². The Kier molecular flexibility index (Phi) is 5.09. The molecular formula is C18H29NO. The van der Waals surface area contributed by atoms with E-state index in [0.717, 1.165) is 18.8 Å². The van der Waals surface area contributed by atoms with Crippen molar-refractivity contribution in [3.05, 3.63) is 29.3 Å². The van der Waals surface area contributed by atoms with Crippen molar-refractivity contribution >= 4 is 0 Å². The highest BCUT2D eigenvalue weighted by molar-refractivity contribution is 5.44. The zero-order valence-electron chi connectivity index (χ0n) is 13.5. The van der Waals surface area contributed by atoms with Gasteiger partial charge in [0.1, 0.15) is 5.75 Å². The minimum atomic E-state index is 0.243. The van der Waals surface area contributed by atoms with Crippen LogP contribution in [0.1, 0.15) is 50.7 Å². The topological polar surface area (TPSA) is 21.3 Å². The third kappa shape index (κ3) is 2.85. The Hall–Kier alpha value is -1.02. The molecule has 0 radical (unpaired) electrons. The number of nitrogens with one attached hydrogen (secondary N) is 1. The molecule has 2 rings (SSSR count). The van der Waals surface area contributed by atoms with Crippen molar-refractivity contribution in [2.45, 2.75) is 51.9 Å². The molecule has 2 nitrogen and oxygen atoms in total. The fourth-order valence-electron chi connectivity index (χ4n) is 3.70. The molecule has 1 aromatic carbocycles. The molecule has 20 heavy (non-hydrogen) atoms. The zero-order valence-corrected chi connectivity index (χ0v) is 13.5. The molecule has 1 N–H and O–H groups in total. The van der Waals surface area contributed by atoms with E-state index in [4.69, 9.17) is 4.74 Å². The number of benzene rings is 1. The van der Waals surface area contributed by atoms with Gasteiger partial charge in [-0.25, -0.2) is 0 Å². The van der Waals surface area contributed by atoms with Gasteiger partial charge in [0, 0.05) is 17.5 Å². The molecular weight excluding hydrogens is 246 g/mol. The number of ether oxygens (including phenoxy) is 1.